The predicted molar refractivity (Wildman–Crippen MR) is 334 cm³/mol. The molecule has 0 spiro atoms. The second-order valence-electron chi connectivity index (χ2n) is 21.6. The second kappa shape index (κ2) is 31.4. The van der Waals surface area contributed by atoms with Gasteiger partial charge in [-0.1, -0.05) is 64.9 Å². The molecule has 3 saturated heterocycles. The minimum atomic E-state index is -4.10. The van der Waals surface area contributed by atoms with Crippen LogP contribution >= 0.6 is 58.0 Å². The Morgan fingerprint density at radius 3 is 1.20 bits per heavy atom. The fourth-order valence-electron chi connectivity index (χ4n) is 9.96. The summed E-state index contributed by atoms with van der Waals surface area (Å²) < 4.78 is 176. The van der Waals surface area contributed by atoms with Gasteiger partial charge in [0, 0.05) is 104 Å². The summed E-state index contributed by atoms with van der Waals surface area (Å²) in [5.41, 5.74) is -2.13. The lowest BCUT2D eigenvalue weighted by Crippen LogP contribution is -2.48. The van der Waals surface area contributed by atoms with E-state index in [2.05, 4.69) is 16.0 Å². The molecule has 6 aromatic carbocycles. The Bertz CT molecular complexity index is 4090. The number of sulfonamides is 3. The highest BCUT2D eigenvalue weighted by Gasteiger charge is 2.39. The summed E-state index contributed by atoms with van der Waals surface area (Å²) in [6.07, 6.45) is 2.21. The second-order valence-corrected chi connectivity index (χ2v) is 29.3. The zero-order valence-electron chi connectivity index (χ0n) is 48.6. The van der Waals surface area contributed by atoms with Gasteiger partial charge < -0.3 is 36.4 Å². The molecular weight excluding hydrogens is 1410 g/mol. The van der Waals surface area contributed by atoms with Gasteiger partial charge >= 0.3 is 0 Å². The molecular formula is C59H58Cl5F7N6O13S3. The number of nitrogens with zero attached hydrogens (tertiary/aromatic N) is 3. The minimum Gasteiger partial charge on any atom is -0.396 e. The van der Waals surface area contributed by atoms with Crippen LogP contribution in [0.3, 0.4) is 0 Å². The van der Waals surface area contributed by atoms with Gasteiger partial charge in [-0.2, -0.15) is 12.9 Å². The Morgan fingerprint density at radius 2 is 0.849 bits per heavy atom. The van der Waals surface area contributed by atoms with Crippen LogP contribution in [0, 0.1) is 52.6 Å². The van der Waals surface area contributed by atoms with Crippen molar-refractivity contribution in [1.82, 2.24) is 12.9 Å². The van der Waals surface area contributed by atoms with E-state index in [1.807, 2.05) is 6.92 Å². The molecule has 0 saturated carbocycles. The lowest BCUT2D eigenvalue weighted by molar-refractivity contribution is -0.0480. The van der Waals surface area contributed by atoms with E-state index in [0.29, 0.717) is 44.2 Å². The van der Waals surface area contributed by atoms with Crippen LogP contribution in [0.4, 0.5) is 47.8 Å². The van der Waals surface area contributed by atoms with Crippen molar-refractivity contribution in [3.05, 3.63) is 174 Å². The molecule has 0 bridgehead atoms. The van der Waals surface area contributed by atoms with E-state index in [0.717, 1.165) is 46.8 Å². The van der Waals surface area contributed by atoms with Crippen LogP contribution in [0.2, 0.25) is 25.1 Å². The molecule has 3 fully saturated rings. The van der Waals surface area contributed by atoms with Crippen LogP contribution in [0.5, 0.6) is 0 Å². The summed E-state index contributed by atoms with van der Waals surface area (Å²) in [7, 11) is -12.1. The third-order valence-corrected chi connectivity index (χ3v) is 23.1. The van der Waals surface area contributed by atoms with E-state index >= 15 is 0 Å². The molecule has 2 atom stereocenters. The normalized spacial score (nSPS) is 17.5. The smallest absolute Gasteiger partial charge is 0.255 e. The Morgan fingerprint density at radius 1 is 0.505 bits per heavy atom. The minimum absolute atomic E-state index is 0.0391. The number of piperidine rings is 3. The van der Waals surface area contributed by atoms with E-state index in [9.17, 15) is 85.7 Å². The van der Waals surface area contributed by atoms with Gasteiger partial charge in [0.25, 0.3) is 17.7 Å². The van der Waals surface area contributed by atoms with Crippen LogP contribution in [0.1, 0.15) is 82.9 Å². The zero-order valence-corrected chi connectivity index (χ0v) is 54.8. The largest absolute Gasteiger partial charge is 0.396 e. The molecule has 0 aromatic heterocycles. The number of carbonyl (C=O) groups excluding carboxylic acids is 3. The molecule has 3 amide bonds. The number of amides is 3. The van der Waals surface area contributed by atoms with E-state index in [-0.39, 0.29) is 134 Å². The lowest BCUT2D eigenvalue weighted by Gasteiger charge is -2.36. The van der Waals surface area contributed by atoms with Crippen molar-refractivity contribution in [1.29, 1.82) is 0 Å². The standard InChI is InChI=1S/C20H20Cl2F2N2O4S.C20H20ClF3N2O4S.C19H18Cl2F2N2O5S/c1-2-11-10-26(6-5-17(11)27)31(29,30)18-7-12(3-4-14(18)21)20(28)25-13-8-15(22)19(24)16(23)9-13;21-15-2-1-13(20(28)25-14-10-16(22)19(24)17(23)11-14)9-18(15)31(29,30)26-6-3-12(4-7-26)5-8-27;20-13-2-1-11(18(27)24-12-8-14(21)17(23)15(22)9-12)7-16(13)31(29,30)25-5-3-19(28,10-26)4-6-25/h3-4,7-9,11,17,27H,2,5-6,10H2,1H3,(H,25,28);1-2,9-12,27H,3-8H2,(H,25,28);1-2,7-9,26,28H,3-6,10H2,(H,24,27). The summed E-state index contributed by atoms with van der Waals surface area (Å²) in [4.78, 5) is 36.7. The van der Waals surface area contributed by atoms with Crippen molar-refractivity contribution in [2.45, 2.75) is 78.3 Å². The average Bonchev–Trinajstić information content (AvgIpc) is 0.852. The van der Waals surface area contributed by atoms with Gasteiger partial charge in [-0.15, -0.1) is 0 Å². The van der Waals surface area contributed by atoms with Crippen LogP contribution in [-0.4, -0.2) is 141 Å². The highest BCUT2D eigenvalue weighted by molar-refractivity contribution is 7.89. The molecule has 3 aliphatic rings. The summed E-state index contributed by atoms with van der Waals surface area (Å²) in [5.74, 6) is -12.0. The Balaban J connectivity index is 0.000000198. The number of aliphatic hydroxyl groups excluding tert-OH is 3. The Labute approximate surface area is 555 Å². The highest BCUT2D eigenvalue weighted by atomic mass is 35.5. The maximum absolute atomic E-state index is 13.5. The van der Waals surface area contributed by atoms with Gasteiger partial charge in [0.15, 0.2) is 40.7 Å². The van der Waals surface area contributed by atoms with Crippen molar-refractivity contribution in [3.63, 3.8) is 0 Å². The molecule has 0 radical (unpaired) electrons. The molecule has 34 heteroatoms. The summed E-state index contributed by atoms with van der Waals surface area (Å²) >= 11 is 29.4. The molecule has 0 aliphatic carbocycles. The van der Waals surface area contributed by atoms with Gasteiger partial charge in [0.1, 0.15) is 14.7 Å². The Hall–Kier alpha value is -5.74. The van der Waals surface area contributed by atoms with Crippen molar-refractivity contribution in [2.24, 2.45) is 11.8 Å². The maximum atomic E-state index is 13.5. The van der Waals surface area contributed by atoms with Crippen LogP contribution in [0.15, 0.2) is 106 Å². The van der Waals surface area contributed by atoms with Gasteiger partial charge in [0.2, 0.25) is 30.1 Å². The first-order valence-corrected chi connectivity index (χ1v) is 34.2. The van der Waals surface area contributed by atoms with E-state index in [4.69, 9.17) is 63.1 Å². The van der Waals surface area contributed by atoms with E-state index < -0.39 is 117 Å². The third-order valence-electron chi connectivity index (χ3n) is 15.4. The molecule has 93 heavy (non-hydrogen) atoms. The molecule has 19 nitrogen and oxygen atoms in total. The third kappa shape index (κ3) is 18.0. The monoisotopic (exact) mass is 1460 g/mol. The highest BCUT2D eigenvalue weighted by Crippen LogP contribution is 2.35. The zero-order chi connectivity index (χ0) is 68.7. The van der Waals surface area contributed by atoms with E-state index in [1.165, 1.54) is 45.0 Å². The fraction of sp³-hybridized carbons (Fsp3) is 0.339. The number of carbonyl (C=O) groups is 3. The summed E-state index contributed by atoms with van der Waals surface area (Å²) in [6.45, 7) is 2.13. The molecule has 9 rings (SSSR count). The molecule has 504 valence electrons. The summed E-state index contributed by atoms with van der Waals surface area (Å²) in [5, 5.41) is 44.0. The topological polar surface area (TPSA) is 280 Å². The number of benzene rings is 6. The van der Waals surface area contributed by atoms with E-state index in [1.54, 1.807) is 0 Å². The number of halogens is 12. The first-order chi connectivity index (χ1) is 43.6. The summed E-state index contributed by atoms with van der Waals surface area (Å²) in [6, 6.07) is 15.7. The predicted octanol–water partition coefficient (Wildman–Crippen LogP) is 11.1. The quantitative estimate of drug-likeness (QED) is 0.0351. The maximum Gasteiger partial charge on any atom is 0.255 e. The molecule has 3 heterocycles. The van der Waals surface area contributed by atoms with Crippen LogP contribution < -0.4 is 16.0 Å². The SMILES string of the molecule is CCC1CN(S(=O)(=O)c2cc(C(=O)Nc3cc(F)c(F)c(Cl)c3)ccc2Cl)CCC1O.O=C(Nc1cc(F)c(F)c(Cl)c1)c1ccc(Cl)c(S(=O)(=O)N2CCC(O)(CO)CC2)c1.O=C(Nc1cc(F)c(F)c(F)c1)c1ccc(Cl)c(S(=O)(=O)N2CCC(CCO)CC2)c1. The fourth-order valence-corrected chi connectivity index (χ4v) is 16.3. The Kier molecular flexibility index (Phi) is 25.2. The number of hydrogen-bond acceptors (Lipinski definition) is 13. The van der Waals surface area contributed by atoms with Crippen molar-refractivity contribution in [3.8, 4) is 0 Å². The number of hydrogen-bond donors (Lipinski definition) is 7. The van der Waals surface area contributed by atoms with Crippen molar-refractivity contribution < 1.29 is 90.8 Å². The molecule has 2 unspecified atom stereocenters. The molecule has 7 N–H and O–H groups in total. The lowest BCUT2D eigenvalue weighted by atomic mass is 9.94. The van der Waals surface area contributed by atoms with Crippen molar-refractivity contribution >= 4 is 123 Å². The average molecular weight is 1470 g/mol. The molecule has 6 aromatic rings. The van der Waals surface area contributed by atoms with Gasteiger partial charge in [0.05, 0.1) is 43.4 Å². The van der Waals surface area contributed by atoms with Crippen LogP contribution in [-0.2, 0) is 30.1 Å². The number of aliphatic hydroxyl groups is 4. The number of rotatable bonds is 16. The first-order valence-electron chi connectivity index (χ1n) is 28.0. The van der Waals surface area contributed by atoms with Gasteiger partial charge in [-0.05, 0) is 124 Å². The van der Waals surface area contributed by atoms with Gasteiger partial charge in [-0.3, -0.25) is 14.4 Å². The first kappa shape index (κ1) is 74.7. The number of nitrogens with one attached hydrogen (secondary N) is 3. The molecule has 3 aliphatic heterocycles. The van der Waals surface area contributed by atoms with Gasteiger partial charge in [-0.25, -0.2) is 56.0 Å². The van der Waals surface area contributed by atoms with Crippen molar-refractivity contribution in [2.75, 3.05) is 68.4 Å². The number of anilines is 3. The van der Waals surface area contributed by atoms with Crippen LogP contribution in [0.25, 0.3) is 0 Å².